The molecule has 1 atom stereocenters. The quantitative estimate of drug-likeness (QED) is 0.477. The van der Waals surface area contributed by atoms with Crippen LogP contribution in [0.25, 0.3) is 5.57 Å². The molecule has 0 radical (unpaired) electrons. The number of ether oxygens (including phenoxy) is 2. The van der Waals surface area contributed by atoms with E-state index in [-0.39, 0.29) is 24.6 Å². The second kappa shape index (κ2) is 12.0. The first-order valence-electron chi connectivity index (χ1n) is 10.3. The minimum absolute atomic E-state index is 0.0531. The van der Waals surface area contributed by atoms with Gasteiger partial charge in [-0.2, -0.15) is 0 Å². The number of hydrogen-bond donors (Lipinski definition) is 1. The molecule has 1 rings (SSSR count). The molecule has 0 aliphatic rings. The average molecular weight is 418 g/mol. The molecule has 0 bridgehead atoms. The minimum atomic E-state index is -0.546. The number of carbonyl (C=O) groups excluding carboxylic acids is 2. The lowest BCUT2D eigenvalue weighted by Gasteiger charge is -2.31. The Morgan fingerprint density at radius 1 is 1.20 bits per heavy atom. The van der Waals surface area contributed by atoms with E-state index in [0.29, 0.717) is 12.2 Å². The first-order chi connectivity index (χ1) is 14.1. The Morgan fingerprint density at radius 2 is 1.83 bits per heavy atom. The predicted molar refractivity (Wildman–Crippen MR) is 120 cm³/mol. The van der Waals surface area contributed by atoms with Gasteiger partial charge in [0.05, 0.1) is 12.6 Å². The molecular formula is C23H35N3O4. The Kier molecular flexibility index (Phi) is 10.1. The van der Waals surface area contributed by atoms with Gasteiger partial charge in [-0.05, 0) is 45.2 Å². The van der Waals surface area contributed by atoms with Crippen molar-refractivity contribution in [2.45, 2.75) is 59.1 Å². The molecule has 7 heteroatoms. The van der Waals surface area contributed by atoms with Gasteiger partial charge in [0.1, 0.15) is 12.1 Å². The number of nitrogens with two attached hydrogens (primary N) is 1. The van der Waals surface area contributed by atoms with E-state index < -0.39 is 5.60 Å². The zero-order chi connectivity index (χ0) is 22.7. The summed E-state index contributed by atoms with van der Waals surface area (Å²) in [6, 6.07) is 7.70. The van der Waals surface area contributed by atoms with Gasteiger partial charge in [-0.3, -0.25) is 9.79 Å². The van der Waals surface area contributed by atoms with Crippen LogP contribution in [0.1, 0.15) is 64.6 Å². The van der Waals surface area contributed by atoms with Crippen LogP contribution < -0.4 is 5.73 Å². The number of amides is 1. The summed E-state index contributed by atoms with van der Waals surface area (Å²) in [5.41, 5.74) is 7.75. The van der Waals surface area contributed by atoms with Crippen LogP contribution in [-0.2, 0) is 14.3 Å². The normalized spacial score (nSPS) is 13.2. The monoisotopic (exact) mass is 417 g/mol. The largest absolute Gasteiger partial charge is 0.465 e. The Hall–Kier alpha value is -2.83. The lowest BCUT2D eigenvalue weighted by atomic mass is 9.98. The van der Waals surface area contributed by atoms with Crippen molar-refractivity contribution >= 4 is 23.9 Å². The van der Waals surface area contributed by atoms with Crippen LogP contribution in [0.15, 0.2) is 35.5 Å². The Bertz CT molecular complexity index is 749. The highest BCUT2D eigenvalue weighted by Crippen LogP contribution is 2.27. The molecule has 1 unspecified atom stereocenters. The molecule has 0 spiro atoms. The van der Waals surface area contributed by atoms with Crippen molar-refractivity contribution in [3.8, 4) is 0 Å². The molecule has 0 saturated heterocycles. The van der Waals surface area contributed by atoms with E-state index in [9.17, 15) is 9.59 Å². The molecule has 0 heterocycles. The van der Waals surface area contributed by atoms with Crippen LogP contribution >= 0.6 is 0 Å². The Labute approximate surface area is 179 Å². The first-order valence-corrected chi connectivity index (χ1v) is 10.3. The van der Waals surface area contributed by atoms with Gasteiger partial charge >= 0.3 is 12.1 Å². The highest BCUT2D eigenvalue weighted by Gasteiger charge is 2.26. The number of allylic oxidation sites excluding steroid dienone is 1. The second-order valence-corrected chi connectivity index (χ2v) is 7.91. The molecule has 166 valence electrons. The lowest BCUT2D eigenvalue weighted by Crippen LogP contribution is -2.36. The number of aliphatic imine (C=N–C) groups is 1. The van der Waals surface area contributed by atoms with Crippen LogP contribution in [0.4, 0.5) is 4.79 Å². The molecule has 1 aromatic carbocycles. The summed E-state index contributed by atoms with van der Waals surface area (Å²) in [6.45, 7) is 9.67. The van der Waals surface area contributed by atoms with E-state index in [1.165, 1.54) is 6.20 Å². The smallest absolute Gasteiger partial charge is 0.410 e. The maximum absolute atomic E-state index is 12.5. The summed E-state index contributed by atoms with van der Waals surface area (Å²) < 4.78 is 10.4. The summed E-state index contributed by atoms with van der Waals surface area (Å²) >= 11 is 0. The number of nitrogens with zero attached hydrogens (tertiary/aromatic N) is 2. The van der Waals surface area contributed by atoms with E-state index in [1.54, 1.807) is 25.1 Å². The summed E-state index contributed by atoms with van der Waals surface area (Å²) in [7, 11) is 1.76. The van der Waals surface area contributed by atoms with E-state index in [4.69, 9.17) is 15.2 Å². The van der Waals surface area contributed by atoms with E-state index >= 15 is 0 Å². The third-order valence-corrected chi connectivity index (χ3v) is 4.28. The van der Waals surface area contributed by atoms with Crippen LogP contribution in [0.2, 0.25) is 0 Å². The van der Waals surface area contributed by atoms with E-state index in [1.807, 2.05) is 45.0 Å². The van der Waals surface area contributed by atoms with Gasteiger partial charge in [-0.15, -0.1) is 0 Å². The minimum Gasteiger partial charge on any atom is -0.465 e. The van der Waals surface area contributed by atoms with Gasteiger partial charge < -0.3 is 20.1 Å². The van der Waals surface area contributed by atoms with Crippen LogP contribution in [0, 0.1) is 0 Å². The fourth-order valence-corrected chi connectivity index (χ4v) is 2.86. The number of carbonyl (C=O) groups is 2. The second-order valence-electron chi connectivity index (χ2n) is 7.91. The fourth-order valence-electron chi connectivity index (χ4n) is 2.86. The van der Waals surface area contributed by atoms with Crippen molar-refractivity contribution in [1.29, 1.82) is 0 Å². The highest BCUT2D eigenvalue weighted by atomic mass is 16.6. The first kappa shape index (κ1) is 25.2. The lowest BCUT2D eigenvalue weighted by molar-refractivity contribution is -0.141. The number of esters is 1. The topological polar surface area (TPSA) is 94.2 Å². The van der Waals surface area contributed by atoms with E-state index in [2.05, 4.69) is 11.9 Å². The number of benzene rings is 1. The maximum atomic E-state index is 12.5. The third kappa shape index (κ3) is 8.27. The van der Waals surface area contributed by atoms with Crippen molar-refractivity contribution in [1.82, 2.24) is 4.90 Å². The SMILES string of the molecule is CCCC(c1ccc(/C(C=NCC(=O)OCC)=C/N)cc1)N(C)C(=O)OC(C)(C)C. The molecule has 0 aliphatic heterocycles. The summed E-state index contributed by atoms with van der Waals surface area (Å²) in [5, 5.41) is 0. The molecule has 0 saturated carbocycles. The van der Waals surface area contributed by atoms with Gasteiger partial charge in [0.25, 0.3) is 0 Å². The number of rotatable bonds is 9. The van der Waals surface area contributed by atoms with Crippen LogP contribution in [0.3, 0.4) is 0 Å². The third-order valence-electron chi connectivity index (χ3n) is 4.28. The van der Waals surface area contributed by atoms with Crippen molar-refractivity contribution in [2.75, 3.05) is 20.2 Å². The van der Waals surface area contributed by atoms with Crippen LogP contribution in [-0.4, -0.2) is 49.0 Å². The summed E-state index contributed by atoms with van der Waals surface area (Å²) in [4.78, 5) is 29.7. The van der Waals surface area contributed by atoms with Crippen molar-refractivity contribution in [3.05, 3.63) is 41.6 Å². The number of hydrogen-bond acceptors (Lipinski definition) is 6. The van der Waals surface area contributed by atoms with Gasteiger partial charge in [-0.25, -0.2) is 4.79 Å². The van der Waals surface area contributed by atoms with Gasteiger partial charge in [0, 0.05) is 25.0 Å². The summed E-state index contributed by atoms with van der Waals surface area (Å²) in [6.07, 6.45) is 4.39. The molecular weight excluding hydrogens is 382 g/mol. The van der Waals surface area contributed by atoms with Crippen molar-refractivity contribution in [2.24, 2.45) is 10.7 Å². The van der Waals surface area contributed by atoms with Crippen molar-refractivity contribution < 1.29 is 19.1 Å². The van der Waals surface area contributed by atoms with E-state index in [0.717, 1.165) is 24.0 Å². The molecule has 7 nitrogen and oxygen atoms in total. The standard InChI is InChI=1S/C23H35N3O4/c1-7-9-20(26(6)22(28)30-23(3,4)5)18-12-10-17(11-13-18)19(14-24)15-25-16-21(27)29-8-2/h10-15,20H,7-9,16,24H2,1-6H3/b19-14+,25-15?. The fraction of sp³-hybridized carbons (Fsp3) is 0.522. The van der Waals surface area contributed by atoms with Gasteiger partial charge in [0.15, 0.2) is 0 Å². The van der Waals surface area contributed by atoms with Gasteiger partial charge in [0.2, 0.25) is 0 Å². The Balaban J connectivity index is 2.96. The zero-order valence-electron chi connectivity index (χ0n) is 19.0. The molecule has 0 aromatic heterocycles. The van der Waals surface area contributed by atoms with Crippen molar-refractivity contribution in [3.63, 3.8) is 0 Å². The molecule has 0 aliphatic carbocycles. The zero-order valence-corrected chi connectivity index (χ0v) is 19.0. The molecule has 2 N–H and O–H groups in total. The average Bonchev–Trinajstić information content (AvgIpc) is 2.68. The Morgan fingerprint density at radius 3 is 2.33 bits per heavy atom. The highest BCUT2D eigenvalue weighted by molar-refractivity contribution is 6.09. The van der Waals surface area contributed by atoms with Gasteiger partial charge in [-0.1, -0.05) is 37.6 Å². The maximum Gasteiger partial charge on any atom is 0.410 e. The molecule has 30 heavy (non-hydrogen) atoms. The molecule has 1 amide bonds. The summed E-state index contributed by atoms with van der Waals surface area (Å²) in [5.74, 6) is -0.381. The molecule has 0 fully saturated rings. The van der Waals surface area contributed by atoms with Crippen LogP contribution in [0.5, 0.6) is 0 Å². The molecule has 1 aromatic rings. The predicted octanol–water partition coefficient (Wildman–Crippen LogP) is 4.33.